The third kappa shape index (κ3) is 3.92. The van der Waals surface area contributed by atoms with Gasteiger partial charge in [-0.05, 0) is 56.3 Å². The fourth-order valence-corrected chi connectivity index (χ4v) is 4.76. The summed E-state index contributed by atoms with van der Waals surface area (Å²) in [6.07, 6.45) is 11.2. The SMILES string of the molecule is C1CCC(CN2Cc3nnn(CC4CC4)c3[C@H](COCC3CC3)C2)C1. The van der Waals surface area contributed by atoms with Gasteiger partial charge in [0.25, 0.3) is 0 Å². The number of nitrogens with zero attached hydrogens (tertiary/aromatic N) is 4. The zero-order valence-corrected chi connectivity index (χ0v) is 15.4. The minimum atomic E-state index is 0.456. The van der Waals surface area contributed by atoms with Crippen LogP contribution in [0.25, 0.3) is 0 Å². The molecule has 5 heteroatoms. The number of hydrogen-bond donors (Lipinski definition) is 0. The number of fused-ring (bicyclic) bond motifs is 1. The summed E-state index contributed by atoms with van der Waals surface area (Å²) in [5, 5.41) is 9.12. The lowest BCUT2D eigenvalue weighted by atomic mass is 9.97. The van der Waals surface area contributed by atoms with E-state index < -0.39 is 0 Å². The molecule has 25 heavy (non-hydrogen) atoms. The normalized spacial score (nSPS) is 27.8. The van der Waals surface area contributed by atoms with Crippen molar-refractivity contribution < 1.29 is 4.74 Å². The quantitative estimate of drug-likeness (QED) is 0.726. The maximum atomic E-state index is 6.12. The number of aromatic nitrogens is 3. The average Bonchev–Trinajstić information content (AvgIpc) is 3.51. The highest BCUT2D eigenvalue weighted by Crippen LogP contribution is 2.35. The summed E-state index contributed by atoms with van der Waals surface area (Å²) >= 11 is 0. The molecule has 5 rings (SSSR count). The van der Waals surface area contributed by atoms with Crippen molar-refractivity contribution in [2.45, 2.75) is 70.4 Å². The molecule has 0 spiro atoms. The maximum Gasteiger partial charge on any atom is 0.100 e. The van der Waals surface area contributed by atoms with E-state index in [2.05, 4.69) is 19.9 Å². The molecule has 1 aromatic rings. The highest BCUT2D eigenvalue weighted by Gasteiger charge is 2.34. The Kier molecular flexibility index (Phi) is 4.55. The molecule has 1 aliphatic heterocycles. The van der Waals surface area contributed by atoms with Crippen LogP contribution in [0.3, 0.4) is 0 Å². The predicted octanol–water partition coefficient (Wildman–Crippen LogP) is 3.20. The Morgan fingerprint density at radius 3 is 2.40 bits per heavy atom. The van der Waals surface area contributed by atoms with Gasteiger partial charge in [0.15, 0.2) is 0 Å². The van der Waals surface area contributed by atoms with Crippen LogP contribution in [0.1, 0.15) is 68.7 Å². The molecule has 1 aromatic heterocycles. The zero-order valence-electron chi connectivity index (χ0n) is 15.4. The van der Waals surface area contributed by atoms with Crippen LogP contribution < -0.4 is 0 Å². The van der Waals surface area contributed by atoms with Gasteiger partial charge in [-0.15, -0.1) is 5.10 Å². The van der Waals surface area contributed by atoms with Crippen LogP contribution in [-0.2, 0) is 17.8 Å². The Morgan fingerprint density at radius 1 is 0.880 bits per heavy atom. The molecule has 0 unspecified atom stereocenters. The molecule has 0 amide bonds. The maximum absolute atomic E-state index is 6.12. The third-order valence-corrected chi connectivity index (χ3v) is 6.57. The van der Waals surface area contributed by atoms with Crippen molar-refractivity contribution in [1.29, 1.82) is 0 Å². The number of rotatable bonds is 8. The van der Waals surface area contributed by atoms with E-state index in [1.54, 1.807) is 0 Å². The van der Waals surface area contributed by atoms with Crippen molar-refractivity contribution in [1.82, 2.24) is 19.9 Å². The van der Waals surface area contributed by atoms with E-state index >= 15 is 0 Å². The fraction of sp³-hybridized carbons (Fsp3) is 0.900. The highest BCUT2D eigenvalue weighted by molar-refractivity contribution is 5.20. The standard InChI is InChI=1S/C20H32N4O/c1-2-4-15(3-1)9-23-11-18(14-25-13-17-7-8-17)20-19(12-23)21-22-24(20)10-16-5-6-16/h15-18H,1-14H2/t18-/m0/s1. The van der Waals surface area contributed by atoms with Crippen molar-refractivity contribution in [2.24, 2.45) is 17.8 Å². The molecule has 0 bridgehead atoms. The first-order valence-electron chi connectivity index (χ1n) is 10.6. The van der Waals surface area contributed by atoms with Crippen molar-refractivity contribution in [2.75, 3.05) is 26.3 Å². The first-order chi connectivity index (χ1) is 12.3. The van der Waals surface area contributed by atoms with Gasteiger partial charge < -0.3 is 4.74 Å². The molecule has 0 radical (unpaired) electrons. The second-order valence-electron chi connectivity index (χ2n) is 9.07. The van der Waals surface area contributed by atoms with Gasteiger partial charge in [0.1, 0.15) is 5.69 Å². The summed E-state index contributed by atoms with van der Waals surface area (Å²) in [5.74, 6) is 3.04. The fourth-order valence-electron chi connectivity index (χ4n) is 4.76. The van der Waals surface area contributed by atoms with Gasteiger partial charge in [-0.25, -0.2) is 4.68 Å². The van der Waals surface area contributed by atoms with Crippen molar-refractivity contribution >= 4 is 0 Å². The van der Waals surface area contributed by atoms with Gasteiger partial charge >= 0.3 is 0 Å². The topological polar surface area (TPSA) is 43.2 Å². The molecule has 138 valence electrons. The monoisotopic (exact) mass is 344 g/mol. The summed E-state index contributed by atoms with van der Waals surface area (Å²) < 4.78 is 8.35. The third-order valence-electron chi connectivity index (χ3n) is 6.57. The van der Waals surface area contributed by atoms with E-state index in [4.69, 9.17) is 4.74 Å². The number of hydrogen-bond acceptors (Lipinski definition) is 4. The first kappa shape index (κ1) is 16.2. The molecule has 3 fully saturated rings. The van der Waals surface area contributed by atoms with E-state index in [1.165, 1.54) is 69.3 Å². The van der Waals surface area contributed by atoms with E-state index in [-0.39, 0.29) is 0 Å². The van der Waals surface area contributed by atoms with Crippen molar-refractivity contribution in [3.05, 3.63) is 11.4 Å². The van der Waals surface area contributed by atoms with Crippen LogP contribution in [0.4, 0.5) is 0 Å². The van der Waals surface area contributed by atoms with Crippen LogP contribution in [0, 0.1) is 17.8 Å². The summed E-state index contributed by atoms with van der Waals surface area (Å²) in [6.45, 7) is 6.25. The van der Waals surface area contributed by atoms with E-state index in [1.807, 2.05) is 0 Å². The Bertz CT molecular complexity index is 587. The van der Waals surface area contributed by atoms with Gasteiger partial charge in [-0.2, -0.15) is 0 Å². The molecule has 5 nitrogen and oxygen atoms in total. The van der Waals surface area contributed by atoms with Gasteiger partial charge in [0.05, 0.1) is 12.3 Å². The van der Waals surface area contributed by atoms with E-state index in [0.717, 1.165) is 50.6 Å². The lowest BCUT2D eigenvalue weighted by Gasteiger charge is -2.34. The summed E-state index contributed by atoms with van der Waals surface area (Å²) in [6, 6.07) is 0. The highest BCUT2D eigenvalue weighted by atomic mass is 16.5. The lowest BCUT2D eigenvalue weighted by molar-refractivity contribution is 0.0840. The van der Waals surface area contributed by atoms with Gasteiger partial charge in [0, 0.05) is 38.7 Å². The second kappa shape index (κ2) is 6.99. The molecule has 0 N–H and O–H groups in total. The van der Waals surface area contributed by atoms with E-state index in [0.29, 0.717) is 5.92 Å². The zero-order chi connectivity index (χ0) is 16.6. The minimum Gasteiger partial charge on any atom is -0.380 e. The predicted molar refractivity (Wildman–Crippen MR) is 96.3 cm³/mol. The van der Waals surface area contributed by atoms with Crippen LogP contribution in [0.15, 0.2) is 0 Å². The summed E-state index contributed by atoms with van der Waals surface area (Å²) in [7, 11) is 0. The first-order valence-corrected chi connectivity index (χ1v) is 10.6. The Labute approximate surface area is 151 Å². The van der Waals surface area contributed by atoms with Gasteiger partial charge in [0.2, 0.25) is 0 Å². The molecule has 1 atom stereocenters. The molecule has 2 heterocycles. The molecular weight excluding hydrogens is 312 g/mol. The smallest absolute Gasteiger partial charge is 0.100 e. The molecule has 0 saturated heterocycles. The van der Waals surface area contributed by atoms with Crippen LogP contribution >= 0.6 is 0 Å². The Hall–Kier alpha value is -0.940. The Morgan fingerprint density at radius 2 is 1.64 bits per heavy atom. The van der Waals surface area contributed by atoms with Gasteiger partial charge in [-0.3, -0.25) is 4.90 Å². The largest absolute Gasteiger partial charge is 0.380 e. The van der Waals surface area contributed by atoms with Crippen molar-refractivity contribution in [3.63, 3.8) is 0 Å². The average molecular weight is 345 g/mol. The second-order valence-corrected chi connectivity index (χ2v) is 9.07. The molecule has 3 saturated carbocycles. The van der Waals surface area contributed by atoms with E-state index in [9.17, 15) is 0 Å². The molecule has 0 aromatic carbocycles. The van der Waals surface area contributed by atoms with Crippen LogP contribution in [0.5, 0.6) is 0 Å². The summed E-state index contributed by atoms with van der Waals surface area (Å²) in [5.41, 5.74) is 2.62. The molecule has 4 aliphatic rings. The molecule has 3 aliphatic carbocycles. The van der Waals surface area contributed by atoms with Crippen LogP contribution in [-0.4, -0.2) is 46.2 Å². The molecular formula is C20H32N4O. The van der Waals surface area contributed by atoms with Crippen LogP contribution in [0.2, 0.25) is 0 Å². The lowest BCUT2D eigenvalue weighted by Crippen LogP contribution is -2.39. The minimum absolute atomic E-state index is 0.456. The van der Waals surface area contributed by atoms with Crippen molar-refractivity contribution in [3.8, 4) is 0 Å². The van der Waals surface area contributed by atoms with Gasteiger partial charge in [-0.1, -0.05) is 18.1 Å². The number of ether oxygens (including phenoxy) is 1. The summed E-state index contributed by atoms with van der Waals surface area (Å²) in [4.78, 5) is 2.64. The Balaban J connectivity index is 1.29.